The number of amides is 1. The van der Waals surface area contributed by atoms with E-state index in [4.69, 9.17) is 4.74 Å². The summed E-state index contributed by atoms with van der Waals surface area (Å²) < 4.78 is 19.7. The Kier molecular flexibility index (Phi) is 5.97. The molecule has 0 bridgehead atoms. The number of para-hydroxylation sites is 1. The minimum Gasteiger partial charge on any atom is -0.484 e. The third kappa shape index (κ3) is 4.54. The lowest BCUT2D eigenvalue weighted by molar-refractivity contribution is -0.133. The van der Waals surface area contributed by atoms with Crippen molar-refractivity contribution in [1.82, 2.24) is 4.90 Å². The zero-order valence-electron chi connectivity index (χ0n) is 14.3. The van der Waals surface area contributed by atoms with Gasteiger partial charge in [0.1, 0.15) is 11.6 Å². The van der Waals surface area contributed by atoms with E-state index in [2.05, 4.69) is 0 Å². The van der Waals surface area contributed by atoms with E-state index in [1.807, 2.05) is 48.2 Å². The number of halogens is 1. The third-order valence-corrected chi connectivity index (χ3v) is 5.70. The molecule has 0 spiro atoms. The van der Waals surface area contributed by atoms with Gasteiger partial charge in [-0.15, -0.1) is 0 Å². The Morgan fingerprint density at radius 1 is 1.20 bits per heavy atom. The van der Waals surface area contributed by atoms with Crippen LogP contribution in [0.3, 0.4) is 0 Å². The highest BCUT2D eigenvalue weighted by atomic mass is 32.2. The lowest BCUT2D eigenvalue weighted by atomic mass is 10.1. The molecule has 5 heteroatoms. The van der Waals surface area contributed by atoms with Crippen molar-refractivity contribution in [3.8, 4) is 5.75 Å². The highest BCUT2D eigenvalue weighted by Gasteiger charge is 2.24. The van der Waals surface area contributed by atoms with Crippen LogP contribution in [0.25, 0.3) is 0 Å². The summed E-state index contributed by atoms with van der Waals surface area (Å²) in [5.74, 6) is 1.36. The number of carbonyl (C=O) groups is 1. The molecule has 3 nitrogen and oxygen atoms in total. The predicted octanol–water partition coefficient (Wildman–Crippen LogP) is 4.22. The Morgan fingerprint density at radius 2 is 1.96 bits per heavy atom. The third-order valence-electron chi connectivity index (χ3n) is 4.39. The van der Waals surface area contributed by atoms with Gasteiger partial charge in [0.25, 0.3) is 5.91 Å². The van der Waals surface area contributed by atoms with Gasteiger partial charge in [-0.1, -0.05) is 36.4 Å². The van der Waals surface area contributed by atoms with Crippen molar-refractivity contribution in [3.05, 3.63) is 65.5 Å². The van der Waals surface area contributed by atoms with Crippen LogP contribution in [0.2, 0.25) is 0 Å². The predicted molar refractivity (Wildman–Crippen MR) is 99.5 cm³/mol. The molecule has 1 fully saturated rings. The van der Waals surface area contributed by atoms with E-state index in [0.717, 1.165) is 29.1 Å². The van der Waals surface area contributed by atoms with E-state index in [1.54, 1.807) is 17.8 Å². The number of benzene rings is 2. The fraction of sp³-hybridized carbons (Fsp3) is 0.350. The van der Waals surface area contributed by atoms with Crippen LogP contribution < -0.4 is 4.74 Å². The molecule has 0 aliphatic carbocycles. The molecule has 0 unspecified atom stereocenters. The van der Waals surface area contributed by atoms with E-state index in [-0.39, 0.29) is 23.6 Å². The molecule has 0 saturated carbocycles. The Labute approximate surface area is 152 Å². The molecular weight excluding hydrogens is 337 g/mol. The summed E-state index contributed by atoms with van der Waals surface area (Å²) in [4.78, 5) is 14.3. The van der Waals surface area contributed by atoms with Crippen LogP contribution in [0.15, 0.2) is 48.5 Å². The summed E-state index contributed by atoms with van der Waals surface area (Å²) >= 11 is 1.71. The largest absolute Gasteiger partial charge is 0.484 e. The van der Waals surface area contributed by atoms with Crippen LogP contribution in [0.5, 0.6) is 5.75 Å². The average Bonchev–Trinajstić information content (AvgIpc) is 2.87. The zero-order chi connectivity index (χ0) is 17.6. The summed E-state index contributed by atoms with van der Waals surface area (Å²) in [6, 6.07) is 14.6. The van der Waals surface area contributed by atoms with E-state index in [0.29, 0.717) is 13.1 Å². The maximum atomic E-state index is 14.0. The van der Waals surface area contributed by atoms with Crippen molar-refractivity contribution in [3.63, 3.8) is 0 Å². The van der Waals surface area contributed by atoms with Crippen LogP contribution in [0.1, 0.15) is 22.8 Å². The molecule has 0 aromatic heterocycles. The second kappa shape index (κ2) is 8.39. The van der Waals surface area contributed by atoms with Crippen molar-refractivity contribution in [1.29, 1.82) is 0 Å². The number of rotatable bonds is 4. The molecule has 1 saturated heterocycles. The van der Waals surface area contributed by atoms with Crippen LogP contribution in [0.4, 0.5) is 4.39 Å². The fourth-order valence-corrected chi connectivity index (χ4v) is 4.21. The van der Waals surface area contributed by atoms with Crippen molar-refractivity contribution >= 4 is 17.7 Å². The van der Waals surface area contributed by atoms with Gasteiger partial charge >= 0.3 is 0 Å². The minimum atomic E-state index is -0.164. The van der Waals surface area contributed by atoms with Gasteiger partial charge in [0, 0.05) is 29.7 Å². The quantitative estimate of drug-likeness (QED) is 0.819. The molecule has 132 valence electrons. The average molecular weight is 359 g/mol. The molecule has 25 heavy (non-hydrogen) atoms. The van der Waals surface area contributed by atoms with Gasteiger partial charge in [-0.05, 0) is 31.0 Å². The Bertz CT molecular complexity index is 737. The standard InChI is InChI=1S/C20H22FNO2S/c1-15-6-2-5-9-18(15)24-14-20(23)22-11-10-19(25-13-12-22)16-7-3-4-8-17(16)21/h2-9,19H,10-14H2,1H3/t19-/m1/s1. The number of nitrogens with zero attached hydrogens (tertiary/aromatic N) is 1. The first kappa shape index (κ1) is 17.8. The second-order valence-electron chi connectivity index (χ2n) is 6.10. The van der Waals surface area contributed by atoms with Crippen LogP contribution in [-0.4, -0.2) is 36.3 Å². The van der Waals surface area contributed by atoms with E-state index in [9.17, 15) is 9.18 Å². The second-order valence-corrected chi connectivity index (χ2v) is 7.42. The molecule has 1 aliphatic heterocycles. The van der Waals surface area contributed by atoms with Crippen molar-refractivity contribution in [2.45, 2.75) is 18.6 Å². The monoisotopic (exact) mass is 359 g/mol. The lowest BCUT2D eigenvalue weighted by Gasteiger charge is -2.21. The highest BCUT2D eigenvalue weighted by Crippen LogP contribution is 2.35. The van der Waals surface area contributed by atoms with Gasteiger partial charge in [-0.2, -0.15) is 11.8 Å². The summed E-state index contributed by atoms with van der Waals surface area (Å²) in [5.41, 5.74) is 1.75. The van der Waals surface area contributed by atoms with Crippen LogP contribution in [0, 0.1) is 12.7 Å². The summed E-state index contributed by atoms with van der Waals surface area (Å²) in [6.45, 7) is 3.30. The Morgan fingerprint density at radius 3 is 2.76 bits per heavy atom. The molecule has 2 aromatic rings. The first-order chi connectivity index (χ1) is 12.1. The Hall–Kier alpha value is -2.01. The normalized spacial score (nSPS) is 17.8. The lowest BCUT2D eigenvalue weighted by Crippen LogP contribution is -2.36. The maximum absolute atomic E-state index is 14.0. The van der Waals surface area contributed by atoms with Crippen molar-refractivity contribution in [2.24, 2.45) is 0 Å². The summed E-state index contributed by atoms with van der Waals surface area (Å²) in [5, 5.41) is 0.0938. The van der Waals surface area contributed by atoms with Crippen LogP contribution >= 0.6 is 11.8 Å². The number of carbonyl (C=O) groups excluding carboxylic acids is 1. The van der Waals surface area contributed by atoms with Gasteiger partial charge in [-0.3, -0.25) is 4.79 Å². The number of hydrogen-bond acceptors (Lipinski definition) is 3. The zero-order valence-corrected chi connectivity index (χ0v) is 15.1. The van der Waals surface area contributed by atoms with Gasteiger partial charge < -0.3 is 9.64 Å². The molecule has 2 aromatic carbocycles. The number of thioether (sulfide) groups is 1. The molecule has 0 radical (unpaired) electrons. The van der Waals surface area contributed by atoms with E-state index in [1.165, 1.54) is 6.07 Å². The van der Waals surface area contributed by atoms with Gasteiger partial charge in [0.05, 0.1) is 0 Å². The van der Waals surface area contributed by atoms with Gasteiger partial charge in [-0.25, -0.2) is 4.39 Å². The number of aryl methyl sites for hydroxylation is 1. The fourth-order valence-electron chi connectivity index (χ4n) is 2.95. The number of hydrogen-bond donors (Lipinski definition) is 0. The van der Waals surface area contributed by atoms with Crippen molar-refractivity contribution in [2.75, 3.05) is 25.4 Å². The summed E-state index contributed by atoms with van der Waals surface area (Å²) in [6.07, 6.45) is 0.752. The molecule has 1 heterocycles. The molecule has 3 rings (SSSR count). The Balaban J connectivity index is 1.56. The minimum absolute atomic E-state index is 0.0157. The smallest absolute Gasteiger partial charge is 0.260 e. The van der Waals surface area contributed by atoms with Gasteiger partial charge in [0.15, 0.2) is 6.61 Å². The molecular formula is C20H22FNO2S. The molecule has 1 amide bonds. The molecule has 1 aliphatic rings. The van der Waals surface area contributed by atoms with Gasteiger partial charge in [0.2, 0.25) is 0 Å². The molecule has 0 N–H and O–H groups in total. The van der Waals surface area contributed by atoms with Crippen molar-refractivity contribution < 1.29 is 13.9 Å². The first-order valence-corrected chi connectivity index (χ1v) is 9.52. The maximum Gasteiger partial charge on any atom is 0.260 e. The topological polar surface area (TPSA) is 29.5 Å². The van der Waals surface area contributed by atoms with E-state index < -0.39 is 0 Å². The van der Waals surface area contributed by atoms with E-state index >= 15 is 0 Å². The number of ether oxygens (including phenoxy) is 1. The molecule has 1 atom stereocenters. The first-order valence-electron chi connectivity index (χ1n) is 8.47. The SMILES string of the molecule is Cc1ccccc1OCC(=O)N1CCS[C@@H](c2ccccc2F)CC1. The van der Waals surface area contributed by atoms with Crippen LogP contribution in [-0.2, 0) is 4.79 Å². The summed E-state index contributed by atoms with van der Waals surface area (Å²) in [7, 11) is 0. The highest BCUT2D eigenvalue weighted by molar-refractivity contribution is 7.99.